The van der Waals surface area contributed by atoms with E-state index in [-0.39, 0.29) is 24.8 Å². The summed E-state index contributed by atoms with van der Waals surface area (Å²) in [7, 11) is 0. The number of amides is 2. The van der Waals surface area contributed by atoms with Gasteiger partial charge in [-0.15, -0.1) is 0 Å². The lowest BCUT2D eigenvalue weighted by Gasteiger charge is -2.14. The molecule has 2 aromatic carbocycles. The van der Waals surface area contributed by atoms with E-state index >= 15 is 0 Å². The topological polar surface area (TPSA) is 49.4 Å². The smallest absolute Gasteiger partial charge is 0.266 e. The van der Waals surface area contributed by atoms with Crippen LogP contribution in [0.15, 0.2) is 53.4 Å². The summed E-state index contributed by atoms with van der Waals surface area (Å²) in [4.78, 5) is 26.6. The second kappa shape index (κ2) is 8.89. The van der Waals surface area contributed by atoms with Gasteiger partial charge < -0.3 is 5.32 Å². The van der Waals surface area contributed by atoms with E-state index < -0.39 is 0 Å². The van der Waals surface area contributed by atoms with Gasteiger partial charge in [-0.25, -0.2) is 0 Å². The number of thiocarbonyl (C=S) groups is 1. The third-order valence-electron chi connectivity index (χ3n) is 3.76. The molecular weight excluding hydrogens is 423 g/mol. The van der Waals surface area contributed by atoms with Crippen molar-refractivity contribution < 1.29 is 9.59 Å². The highest BCUT2D eigenvalue weighted by molar-refractivity contribution is 8.26. The number of thioether (sulfide) groups is 1. The number of carbonyl (C=O) groups is 2. The third-order valence-corrected chi connectivity index (χ3v) is 5.73. The Balaban J connectivity index is 1.61. The minimum Gasteiger partial charge on any atom is -0.326 e. The Morgan fingerprint density at radius 3 is 2.56 bits per heavy atom. The van der Waals surface area contributed by atoms with Crippen LogP contribution in [0.4, 0.5) is 5.69 Å². The number of anilines is 1. The zero-order valence-electron chi connectivity index (χ0n) is 13.9. The number of benzene rings is 2. The van der Waals surface area contributed by atoms with Gasteiger partial charge in [-0.05, 0) is 42.0 Å². The van der Waals surface area contributed by atoms with E-state index in [2.05, 4.69) is 5.32 Å². The molecule has 0 atom stereocenters. The van der Waals surface area contributed by atoms with Crippen LogP contribution in [0.3, 0.4) is 0 Å². The largest absolute Gasteiger partial charge is 0.326 e. The number of hydrogen-bond acceptors (Lipinski definition) is 4. The summed E-state index contributed by atoms with van der Waals surface area (Å²) in [6.07, 6.45) is 1.85. The highest BCUT2D eigenvalue weighted by Gasteiger charge is 2.32. The molecule has 2 aromatic rings. The first-order valence-electron chi connectivity index (χ1n) is 7.99. The van der Waals surface area contributed by atoms with E-state index in [1.54, 1.807) is 36.4 Å². The van der Waals surface area contributed by atoms with Crippen molar-refractivity contribution in [2.75, 3.05) is 11.9 Å². The molecule has 1 aliphatic heterocycles. The Labute approximate surface area is 176 Å². The fraction of sp³-hybridized carbons (Fsp3) is 0.105. The molecular formula is C19H14Cl2N2O2S2. The van der Waals surface area contributed by atoms with Crippen molar-refractivity contribution in [2.24, 2.45) is 0 Å². The lowest BCUT2D eigenvalue weighted by Crippen LogP contribution is -2.31. The summed E-state index contributed by atoms with van der Waals surface area (Å²) in [5.74, 6) is -0.425. The molecule has 0 bridgehead atoms. The van der Waals surface area contributed by atoms with E-state index in [0.29, 0.717) is 25.0 Å². The number of halogens is 2. The van der Waals surface area contributed by atoms with Crippen molar-refractivity contribution in [1.29, 1.82) is 0 Å². The molecule has 0 aliphatic carbocycles. The van der Waals surface area contributed by atoms with Gasteiger partial charge in [-0.2, -0.15) is 0 Å². The zero-order chi connectivity index (χ0) is 19.4. The number of carbonyl (C=O) groups excluding carboxylic acids is 2. The molecule has 138 valence electrons. The summed E-state index contributed by atoms with van der Waals surface area (Å²) in [6, 6.07) is 14.1. The van der Waals surface area contributed by atoms with E-state index in [0.717, 1.165) is 5.56 Å². The van der Waals surface area contributed by atoms with Crippen LogP contribution < -0.4 is 5.32 Å². The summed E-state index contributed by atoms with van der Waals surface area (Å²) in [5.41, 5.74) is 1.40. The number of nitrogens with one attached hydrogen (secondary N) is 1. The maximum atomic E-state index is 12.6. The molecule has 27 heavy (non-hydrogen) atoms. The first kappa shape index (κ1) is 19.9. The molecule has 3 rings (SSSR count). The zero-order valence-corrected chi connectivity index (χ0v) is 17.1. The van der Waals surface area contributed by atoms with E-state index in [9.17, 15) is 9.59 Å². The number of nitrogens with zero attached hydrogens (tertiary/aromatic N) is 1. The van der Waals surface area contributed by atoms with Crippen LogP contribution in [-0.2, 0) is 9.59 Å². The van der Waals surface area contributed by atoms with Gasteiger partial charge in [-0.1, -0.05) is 65.4 Å². The van der Waals surface area contributed by atoms with Gasteiger partial charge >= 0.3 is 0 Å². The van der Waals surface area contributed by atoms with Gasteiger partial charge in [0.15, 0.2) is 0 Å². The van der Waals surface area contributed by atoms with E-state index in [1.807, 2.05) is 18.2 Å². The van der Waals surface area contributed by atoms with Crippen LogP contribution in [0.2, 0.25) is 10.0 Å². The maximum Gasteiger partial charge on any atom is 0.266 e. The molecule has 0 unspecified atom stereocenters. The fourth-order valence-electron chi connectivity index (χ4n) is 2.40. The average molecular weight is 437 g/mol. The predicted molar refractivity (Wildman–Crippen MR) is 116 cm³/mol. The van der Waals surface area contributed by atoms with Crippen molar-refractivity contribution in [3.05, 3.63) is 69.0 Å². The van der Waals surface area contributed by atoms with E-state index in [4.69, 9.17) is 35.4 Å². The van der Waals surface area contributed by atoms with Crippen molar-refractivity contribution in [2.45, 2.75) is 6.42 Å². The van der Waals surface area contributed by atoms with Gasteiger partial charge in [0, 0.05) is 28.7 Å². The lowest BCUT2D eigenvalue weighted by molar-refractivity contribution is -0.122. The first-order chi connectivity index (χ1) is 12.9. The van der Waals surface area contributed by atoms with Gasteiger partial charge in [0.25, 0.3) is 5.91 Å². The third kappa shape index (κ3) is 5.11. The Bertz CT molecular complexity index is 930. The molecule has 1 heterocycles. The predicted octanol–water partition coefficient (Wildman–Crippen LogP) is 5.22. The highest BCUT2D eigenvalue weighted by Crippen LogP contribution is 2.33. The summed E-state index contributed by atoms with van der Waals surface area (Å²) in [6.45, 7) is 0.212. The second-order valence-electron chi connectivity index (χ2n) is 5.66. The molecule has 4 nitrogen and oxygen atoms in total. The standard InChI is InChI=1S/C19H14Cl2N2O2S2/c20-13-5-7-14(8-6-13)22-17(24)9-10-23-18(25)16(27-19(23)26)11-12-3-1-2-4-15(12)21/h1-8,11H,9-10H2,(H,22,24)/b16-11-. The van der Waals surface area contributed by atoms with Crippen LogP contribution >= 0.6 is 47.2 Å². The maximum absolute atomic E-state index is 12.6. The summed E-state index contributed by atoms with van der Waals surface area (Å²) < 4.78 is 0.428. The average Bonchev–Trinajstić information content (AvgIpc) is 2.90. The van der Waals surface area contributed by atoms with Gasteiger partial charge in [0.1, 0.15) is 4.32 Å². The monoisotopic (exact) mass is 436 g/mol. The Morgan fingerprint density at radius 1 is 1.15 bits per heavy atom. The number of rotatable bonds is 5. The highest BCUT2D eigenvalue weighted by atomic mass is 35.5. The van der Waals surface area contributed by atoms with Crippen LogP contribution in [-0.4, -0.2) is 27.6 Å². The van der Waals surface area contributed by atoms with Crippen LogP contribution in [0, 0.1) is 0 Å². The molecule has 1 fully saturated rings. The summed E-state index contributed by atoms with van der Waals surface area (Å²) >= 11 is 18.5. The fourth-order valence-corrected chi connectivity index (χ4v) is 4.01. The molecule has 2 amide bonds. The van der Waals surface area contributed by atoms with Gasteiger partial charge in [-0.3, -0.25) is 14.5 Å². The Kier molecular flexibility index (Phi) is 6.55. The number of hydrogen-bond donors (Lipinski definition) is 1. The van der Waals surface area contributed by atoms with Crippen LogP contribution in [0.1, 0.15) is 12.0 Å². The minimum atomic E-state index is -0.218. The molecule has 1 aliphatic rings. The first-order valence-corrected chi connectivity index (χ1v) is 9.97. The van der Waals surface area contributed by atoms with Crippen molar-refractivity contribution in [3.63, 3.8) is 0 Å². The van der Waals surface area contributed by atoms with E-state index in [1.165, 1.54) is 16.7 Å². The van der Waals surface area contributed by atoms with Gasteiger partial charge in [0.2, 0.25) is 5.91 Å². The summed E-state index contributed by atoms with van der Waals surface area (Å²) in [5, 5.41) is 3.92. The lowest BCUT2D eigenvalue weighted by atomic mass is 10.2. The molecule has 0 saturated carbocycles. The Morgan fingerprint density at radius 2 is 1.85 bits per heavy atom. The molecule has 0 radical (unpaired) electrons. The van der Waals surface area contributed by atoms with Crippen LogP contribution in [0.5, 0.6) is 0 Å². The minimum absolute atomic E-state index is 0.133. The quantitative estimate of drug-likeness (QED) is 0.515. The van der Waals surface area contributed by atoms with Gasteiger partial charge in [0.05, 0.1) is 4.91 Å². The van der Waals surface area contributed by atoms with Crippen molar-refractivity contribution in [3.8, 4) is 0 Å². The second-order valence-corrected chi connectivity index (χ2v) is 8.18. The molecule has 1 saturated heterocycles. The molecule has 1 N–H and O–H groups in total. The molecule has 8 heteroatoms. The normalized spacial score (nSPS) is 15.5. The van der Waals surface area contributed by atoms with Crippen molar-refractivity contribution in [1.82, 2.24) is 4.90 Å². The molecule has 0 spiro atoms. The van der Waals surface area contributed by atoms with Crippen molar-refractivity contribution >= 4 is 75.1 Å². The SMILES string of the molecule is O=C(CCN1C(=O)/C(=C/c2ccccc2Cl)SC1=S)Nc1ccc(Cl)cc1. The molecule has 0 aromatic heterocycles. The van der Waals surface area contributed by atoms with Crippen LogP contribution in [0.25, 0.3) is 6.08 Å². The Hall–Kier alpha value is -1.86.